The van der Waals surface area contributed by atoms with Crippen molar-refractivity contribution in [2.24, 2.45) is 5.50 Å². The van der Waals surface area contributed by atoms with E-state index >= 15 is 0 Å². The van der Waals surface area contributed by atoms with Crippen molar-refractivity contribution >= 4 is 7.95 Å². The zero-order valence-electron chi connectivity index (χ0n) is 9.39. The van der Waals surface area contributed by atoms with E-state index in [4.69, 9.17) is 5.50 Å². The third kappa shape index (κ3) is 3.36. The first kappa shape index (κ1) is 13.6. The summed E-state index contributed by atoms with van der Waals surface area (Å²) in [5.74, 6) is -1.55. The molecule has 1 heterocycles. The van der Waals surface area contributed by atoms with Crippen molar-refractivity contribution in [3.05, 3.63) is 35.7 Å². The number of benzene rings is 1. The number of hydrogen-bond acceptors (Lipinski definition) is 4. The van der Waals surface area contributed by atoms with Crippen LogP contribution in [0, 0.1) is 0 Å². The lowest BCUT2D eigenvalue weighted by Crippen LogP contribution is -2.04. The number of nitrogens with zero attached hydrogens (tertiary/aromatic N) is 2. The topological polar surface area (TPSA) is 82.0 Å². The van der Waals surface area contributed by atoms with Crippen LogP contribution in [0.25, 0.3) is 11.4 Å². The number of aromatic nitrogens is 2. The molecule has 1 aromatic carbocycles. The molecular weight excluding hydrogens is 282 g/mol. The zero-order chi connectivity index (χ0) is 14.0. The predicted octanol–water partition coefficient (Wildman–Crippen LogP) is 2.96. The maximum Gasteiger partial charge on any atom is 0.471 e. The van der Waals surface area contributed by atoms with Gasteiger partial charge in [-0.05, 0) is 0 Å². The van der Waals surface area contributed by atoms with Gasteiger partial charge in [0.2, 0.25) is 5.82 Å². The molecule has 0 radical (unpaired) electrons. The van der Waals surface area contributed by atoms with E-state index in [0.717, 1.165) is 0 Å². The average molecular weight is 290 g/mol. The first-order chi connectivity index (χ1) is 8.86. The molecule has 1 atom stereocenters. The van der Waals surface area contributed by atoms with E-state index in [-0.39, 0.29) is 12.0 Å². The van der Waals surface area contributed by atoms with Crippen molar-refractivity contribution in [2.75, 3.05) is 0 Å². The van der Waals surface area contributed by atoms with Crippen molar-refractivity contribution < 1.29 is 22.3 Å². The highest BCUT2D eigenvalue weighted by Crippen LogP contribution is 2.29. The summed E-state index contributed by atoms with van der Waals surface area (Å²) in [6.07, 6.45) is -4.46. The largest absolute Gasteiger partial charge is 0.471 e. The third-order valence-electron chi connectivity index (χ3n) is 2.22. The summed E-state index contributed by atoms with van der Waals surface area (Å²) in [7, 11) is -1.80. The molecule has 0 aliphatic heterocycles. The molecule has 100 valence electrons. The maximum absolute atomic E-state index is 12.3. The predicted molar refractivity (Wildman–Crippen MR) is 60.2 cm³/mol. The van der Waals surface area contributed by atoms with Gasteiger partial charge >= 0.3 is 20.0 Å². The molecule has 1 aromatic heterocycles. The fourth-order valence-corrected chi connectivity index (χ4v) is 1.97. The molecular formula is C10H8F3N3O2P+. The van der Waals surface area contributed by atoms with Gasteiger partial charge in [-0.3, -0.25) is 0 Å². The van der Waals surface area contributed by atoms with E-state index in [1.165, 1.54) is 12.1 Å². The van der Waals surface area contributed by atoms with Gasteiger partial charge in [0, 0.05) is 11.1 Å². The second-order valence-electron chi connectivity index (χ2n) is 3.69. The summed E-state index contributed by atoms with van der Waals surface area (Å²) in [6, 6.07) is 6.22. The molecule has 2 N–H and O–H groups in total. The number of alkyl halides is 3. The molecule has 19 heavy (non-hydrogen) atoms. The van der Waals surface area contributed by atoms with Crippen LogP contribution in [0.3, 0.4) is 0 Å². The fraction of sp³-hybridized carbons (Fsp3) is 0.200. The number of halogens is 3. The molecule has 0 saturated carbocycles. The minimum absolute atomic E-state index is 0.156. The Labute approximate surface area is 106 Å². The minimum atomic E-state index is -4.66. The van der Waals surface area contributed by atoms with Gasteiger partial charge in [-0.15, -0.1) is 5.50 Å². The van der Waals surface area contributed by atoms with E-state index < -0.39 is 20.0 Å². The number of nitrogens with two attached hydrogens (primary N) is 1. The van der Waals surface area contributed by atoms with E-state index in [2.05, 4.69) is 14.7 Å². The highest BCUT2D eigenvalue weighted by atomic mass is 31.1. The van der Waals surface area contributed by atoms with E-state index in [1.54, 1.807) is 12.1 Å². The molecule has 0 fully saturated rings. The summed E-state index contributed by atoms with van der Waals surface area (Å²) in [5.41, 5.74) is 6.25. The Morgan fingerprint density at radius 1 is 1.26 bits per heavy atom. The molecule has 0 aliphatic rings. The van der Waals surface area contributed by atoms with Crippen molar-refractivity contribution in [3.8, 4) is 11.4 Å². The average Bonchev–Trinajstić information content (AvgIpc) is 2.78. The van der Waals surface area contributed by atoms with Gasteiger partial charge < -0.3 is 4.52 Å². The lowest BCUT2D eigenvalue weighted by molar-refractivity contribution is -0.159. The van der Waals surface area contributed by atoms with E-state index in [1.807, 2.05) is 0 Å². The normalized spacial score (nSPS) is 12.5. The summed E-state index contributed by atoms with van der Waals surface area (Å²) >= 11 is 0. The van der Waals surface area contributed by atoms with Gasteiger partial charge in [0.05, 0.1) is 0 Å². The summed E-state index contributed by atoms with van der Waals surface area (Å²) < 4.78 is 51.8. The van der Waals surface area contributed by atoms with E-state index in [0.29, 0.717) is 11.1 Å². The van der Waals surface area contributed by atoms with Crippen molar-refractivity contribution in [1.82, 2.24) is 10.1 Å². The van der Waals surface area contributed by atoms with Crippen LogP contribution in [0.15, 0.2) is 28.8 Å². The smallest absolute Gasteiger partial charge is 0.329 e. The Morgan fingerprint density at radius 3 is 2.37 bits per heavy atom. The second kappa shape index (κ2) is 5.07. The van der Waals surface area contributed by atoms with Gasteiger partial charge in [-0.25, -0.2) is 0 Å². The Balaban J connectivity index is 2.23. The van der Waals surface area contributed by atoms with Gasteiger partial charge in [0.1, 0.15) is 0 Å². The molecule has 5 nitrogen and oxygen atoms in total. The molecule has 2 rings (SSSR count). The lowest BCUT2D eigenvalue weighted by Gasteiger charge is -1.97. The van der Waals surface area contributed by atoms with Crippen molar-refractivity contribution in [1.29, 1.82) is 0 Å². The molecule has 0 aliphatic carbocycles. The number of hydrogen-bond donors (Lipinski definition) is 1. The van der Waals surface area contributed by atoms with Gasteiger partial charge in [0.15, 0.2) is 6.16 Å². The zero-order valence-corrected chi connectivity index (χ0v) is 10.3. The van der Waals surface area contributed by atoms with Crippen molar-refractivity contribution in [2.45, 2.75) is 12.3 Å². The van der Waals surface area contributed by atoms with Crippen LogP contribution < -0.4 is 5.50 Å². The SMILES string of the molecule is N[P+](=O)Cc1ccc(-c2noc(C(F)(F)F)n2)cc1. The van der Waals surface area contributed by atoms with Crippen LogP contribution in [-0.2, 0) is 16.9 Å². The molecule has 0 amide bonds. The molecule has 1 unspecified atom stereocenters. The Morgan fingerprint density at radius 2 is 1.89 bits per heavy atom. The fourth-order valence-electron chi connectivity index (χ4n) is 1.40. The Kier molecular flexibility index (Phi) is 3.64. The Bertz CT molecular complexity index is 595. The van der Waals surface area contributed by atoms with Crippen LogP contribution in [0.4, 0.5) is 13.2 Å². The Hall–Kier alpha value is -1.79. The minimum Gasteiger partial charge on any atom is -0.329 e. The highest BCUT2D eigenvalue weighted by Gasteiger charge is 2.38. The van der Waals surface area contributed by atoms with Gasteiger partial charge in [-0.1, -0.05) is 34.0 Å². The molecule has 9 heteroatoms. The first-order valence-corrected chi connectivity index (χ1v) is 6.57. The molecule has 2 aromatic rings. The second-order valence-corrected chi connectivity index (χ2v) is 4.84. The van der Waals surface area contributed by atoms with Crippen molar-refractivity contribution in [3.63, 3.8) is 0 Å². The van der Waals surface area contributed by atoms with Gasteiger partial charge in [0.25, 0.3) is 0 Å². The number of rotatable bonds is 3. The lowest BCUT2D eigenvalue weighted by atomic mass is 10.1. The van der Waals surface area contributed by atoms with Crippen LogP contribution in [0.2, 0.25) is 0 Å². The molecule has 0 spiro atoms. The highest BCUT2D eigenvalue weighted by molar-refractivity contribution is 7.41. The molecule has 0 bridgehead atoms. The summed E-state index contributed by atoms with van der Waals surface area (Å²) in [6.45, 7) is 0. The van der Waals surface area contributed by atoms with Crippen LogP contribution >= 0.6 is 7.95 Å². The van der Waals surface area contributed by atoms with Crippen LogP contribution in [0.1, 0.15) is 11.5 Å². The third-order valence-corrected chi connectivity index (χ3v) is 2.90. The van der Waals surface area contributed by atoms with E-state index in [9.17, 15) is 17.7 Å². The van der Waals surface area contributed by atoms with Crippen LogP contribution in [0.5, 0.6) is 0 Å². The summed E-state index contributed by atoms with van der Waals surface area (Å²) in [5, 5.41) is 3.26. The standard InChI is InChI=1S/C10H8F3N3O2P/c11-10(12,13)9-15-8(16-18-9)7-3-1-6(2-4-7)5-19(14)17/h1-4H,5H2,(H2,14,17)/q+1. The maximum atomic E-state index is 12.3. The van der Waals surface area contributed by atoms with Gasteiger partial charge in [-0.2, -0.15) is 18.2 Å². The monoisotopic (exact) mass is 290 g/mol. The first-order valence-electron chi connectivity index (χ1n) is 5.06. The molecule has 0 saturated heterocycles. The summed E-state index contributed by atoms with van der Waals surface area (Å²) in [4.78, 5) is 3.26. The quantitative estimate of drug-likeness (QED) is 0.879. The van der Waals surface area contributed by atoms with Crippen LogP contribution in [-0.4, -0.2) is 10.1 Å².